The molecule has 0 spiro atoms. The van der Waals surface area contributed by atoms with E-state index in [9.17, 15) is 9.59 Å². The van der Waals surface area contributed by atoms with Crippen LogP contribution in [-0.4, -0.2) is 59.6 Å². The van der Waals surface area contributed by atoms with E-state index in [0.717, 1.165) is 98.7 Å². The number of allylic oxidation sites excluding steroid dienone is 10. The Morgan fingerprint density at radius 1 is 0.912 bits per heavy atom. The number of anilines is 3. The van der Waals surface area contributed by atoms with Crippen molar-refractivity contribution < 1.29 is 14.3 Å². The number of amides is 2. The molecule has 1 aliphatic rings. The number of rotatable bonds is 21. The van der Waals surface area contributed by atoms with E-state index in [1.807, 2.05) is 48.7 Å². The van der Waals surface area contributed by atoms with E-state index in [2.05, 4.69) is 98.5 Å². The zero-order valence-corrected chi connectivity index (χ0v) is 33.9. The van der Waals surface area contributed by atoms with Crippen LogP contribution in [0.1, 0.15) is 71.1 Å². The van der Waals surface area contributed by atoms with Crippen LogP contribution in [0.5, 0.6) is 5.75 Å². The van der Waals surface area contributed by atoms with Gasteiger partial charge in [-0.15, -0.1) is 0 Å². The van der Waals surface area contributed by atoms with Crippen molar-refractivity contribution in [2.75, 3.05) is 37.0 Å². The Morgan fingerprint density at radius 2 is 1.60 bits per heavy atom. The zero-order valence-electron chi connectivity index (χ0n) is 33.2. The number of nitrogens with zero attached hydrogens (tertiary/aromatic N) is 3. The first-order valence-corrected chi connectivity index (χ1v) is 20.4. The van der Waals surface area contributed by atoms with E-state index in [0.29, 0.717) is 28.8 Å². The van der Waals surface area contributed by atoms with Crippen molar-refractivity contribution in [1.29, 1.82) is 0 Å². The molecule has 4 N–H and O–H groups in total. The third-order valence-electron chi connectivity index (χ3n) is 9.62. The van der Waals surface area contributed by atoms with Crippen molar-refractivity contribution in [2.45, 2.75) is 77.2 Å². The van der Waals surface area contributed by atoms with Crippen LogP contribution in [0.3, 0.4) is 0 Å². The first-order chi connectivity index (χ1) is 27.9. The number of benzene rings is 2. The predicted octanol–water partition coefficient (Wildman–Crippen LogP) is 10.2. The monoisotopic (exact) mass is 789 g/mol. The summed E-state index contributed by atoms with van der Waals surface area (Å²) in [5.74, 6) is 0.800. The first kappa shape index (κ1) is 42.5. The molecule has 2 amide bonds. The molecule has 3 heterocycles. The molecular weight excluding hydrogens is 734 g/mol. The molecule has 300 valence electrons. The smallest absolute Gasteiger partial charge is 0.239 e. The minimum Gasteiger partial charge on any atom is -0.494 e. The van der Waals surface area contributed by atoms with Crippen molar-refractivity contribution in [1.82, 2.24) is 25.6 Å². The summed E-state index contributed by atoms with van der Waals surface area (Å²) in [4.78, 5) is 39.7. The molecular formula is C46H56ClN7O3. The van der Waals surface area contributed by atoms with Gasteiger partial charge in [-0.1, -0.05) is 97.5 Å². The van der Waals surface area contributed by atoms with Gasteiger partial charge in [0.1, 0.15) is 5.75 Å². The number of aromatic amines is 1. The van der Waals surface area contributed by atoms with E-state index in [-0.39, 0.29) is 24.4 Å². The van der Waals surface area contributed by atoms with Crippen LogP contribution in [0.15, 0.2) is 116 Å². The van der Waals surface area contributed by atoms with Gasteiger partial charge < -0.3 is 30.6 Å². The van der Waals surface area contributed by atoms with Gasteiger partial charge in [0, 0.05) is 60.0 Å². The Labute approximate surface area is 342 Å². The highest BCUT2D eigenvalue weighted by Gasteiger charge is 2.22. The Morgan fingerprint density at radius 3 is 2.30 bits per heavy atom. The first-order valence-electron chi connectivity index (χ1n) is 20.0. The minimum absolute atomic E-state index is 0.00696. The second-order valence-corrected chi connectivity index (χ2v) is 14.3. The predicted molar refractivity (Wildman–Crippen MR) is 235 cm³/mol. The number of nitrogens with one attached hydrogen (secondary N) is 4. The van der Waals surface area contributed by atoms with Gasteiger partial charge >= 0.3 is 0 Å². The molecule has 0 bridgehead atoms. The molecule has 0 aliphatic carbocycles. The number of H-pyrrole nitrogens is 1. The molecule has 1 fully saturated rings. The summed E-state index contributed by atoms with van der Waals surface area (Å²) in [6.07, 6.45) is 33.7. The molecule has 10 nitrogen and oxygen atoms in total. The molecule has 0 unspecified atom stereocenters. The highest BCUT2D eigenvalue weighted by molar-refractivity contribution is 6.33. The minimum atomic E-state index is -0.158. The number of piperidine rings is 1. The van der Waals surface area contributed by atoms with Crippen LogP contribution in [0.4, 0.5) is 17.3 Å². The van der Waals surface area contributed by atoms with Gasteiger partial charge in [0.2, 0.25) is 17.8 Å². The SMILES string of the molecule is CC/C=C\C/C=C\C/C=C\C/C=C\C/C=C\CCCC(=O)NCC(=O)NC1CCN(c2ccc(Nc3ncc(Cl)c(-c4c[nH]c5ccccc45)n3)c(OC)c2)CC1. The number of para-hydroxylation sites is 1. The van der Waals surface area contributed by atoms with Crippen molar-refractivity contribution in [3.63, 3.8) is 0 Å². The van der Waals surface area contributed by atoms with Crippen LogP contribution in [0, 0.1) is 0 Å². The van der Waals surface area contributed by atoms with E-state index in [1.165, 1.54) is 0 Å². The second kappa shape index (κ2) is 23.5. The molecule has 57 heavy (non-hydrogen) atoms. The average molecular weight is 790 g/mol. The summed E-state index contributed by atoms with van der Waals surface area (Å²) in [7, 11) is 1.64. The largest absolute Gasteiger partial charge is 0.494 e. The van der Waals surface area contributed by atoms with Gasteiger partial charge in [-0.3, -0.25) is 9.59 Å². The van der Waals surface area contributed by atoms with Gasteiger partial charge in [0.15, 0.2) is 0 Å². The number of unbranched alkanes of at least 4 members (excludes halogenated alkanes) is 1. The third kappa shape index (κ3) is 13.8. The molecule has 0 radical (unpaired) electrons. The Hall–Kier alpha value is -5.61. The van der Waals surface area contributed by atoms with Crippen LogP contribution >= 0.6 is 11.6 Å². The van der Waals surface area contributed by atoms with Gasteiger partial charge in [-0.25, -0.2) is 9.97 Å². The van der Waals surface area contributed by atoms with Gasteiger partial charge in [0.25, 0.3) is 0 Å². The fourth-order valence-electron chi connectivity index (χ4n) is 6.56. The van der Waals surface area contributed by atoms with Crippen LogP contribution in [0.25, 0.3) is 22.2 Å². The standard InChI is InChI=1S/C46H56ClN7O3/c1-3-4-5-6-7-8-9-10-11-12-13-14-15-16-17-18-19-24-43(55)49-34-44(56)51-35-27-29-54(30-28-35)36-25-26-41(42(31-36)57-2)52-46-50-33-39(47)45(53-46)38-32-48-40-23-21-20-22-37(38)40/h4-5,7-8,10-11,13-14,16-17,20-23,25-26,31-33,35,48H,3,6,9,12,15,18-19,24,27-30,34H2,1-2H3,(H,49,55)(H,51,56)(H,50,52,53)/b5-4-,8-7-,11-10-,14-13-,17-16-. The quantitative estimate of drug-likeness (QED) is 0.0489. The number of carbonyl (C=O) groups is 2. The molecule has 0 saturated carbocycles. The Kier molecular flexibility index (Phi) is 17.5. The fraction of sp³-hybridized carbons (Fsp3) is 0.348. The van der Waals surface area contributed by atoms with Crippen LogP contribution in [0.2, 0.25) is 5.02 Å². The van der Waals surface area contributed by atoms with Crippen molar-refractivity contribution in [3.05, 3.63) is 121 Å². The maximum atomic E-state index is 12.6. The molecule has 2 aromatic heterocycles. The lowest BCUT2D eigenvalue weighted by Crippen LogP contribution is -2.47. The third-order valence-corrected chi connectivity index (χ3v) is 9.90. The fourth-order valence-corrected chi connectivity index (χ4v) is 6.75. The lowest BCUT2D eigenvalue weighted by molar-refractivity contribution is -0.126. The van der Waals surface area contributed by atoms with Crippen LogP contribution in [-0.2, 0) is 9.59 Å². The van der Waals surface area contributed by atoms with Crippen molar-refractivity contribution in [2.24, 2.45) is 0 Å². The summed E-state index contributed by atoms with van der Waals surface area (Å²) in [6, 6.07) is 14.1. The number of ether oxygens (including phenoxy) is 1. The number of halogens is 1. The summed E-state index contributed by atoms with van der Waals surface area (Å²) in [6.45, 7) is 3.69. The lowest BCUT2D eigenvalue weighted by atomic mass is 10.0. The van der Waals surface area contributed by atoms with E-state index < -0.39 is 0 Å². The maximum absolute atomic E-state index is 12.6. The summed E-state index contributed by atoms with van der Waals surface area (Å²) in [5.41, 5.74) is 4.29. The number of fused-ring (bicyclic) bond motifs is 1. The lowest BCUT2D eigenvalue weighted by Gasteiger charge is -2.34. The number of aromatic nitrogens is 3. The average Bonchev–Trinajstić information content (AvgIpc) is 3.66. The van der Waals surface area contributed by atoms with Gasteiger partial charge in [-0.2, -0.15) is 0 Å². The van der Waals surface area contributed by atoms with Gasteiger partial charge in [0.05, 0.1) is 36.3 Å². The summed E-state index contributed by atoms with van der Waals surface area (Å²) < 4.78 is 5.75. The number of methoxy groups -OCH3 is 1. The number of hydrogen-bond acceptors (Lipinski definition) is 7. The molecule has 2 aromatic carbocycles. The normalized spacial score (nSPS) is 13.9. The Bertz CT molecular complexity index is 2040. The molecule has 11 heteroatoms. The zero-order chi connectivity index (χ0) is 40.1. The summed E-state index contributed by atoms with van der Waals surface area (Å²) in [5, 5.41) is 10.6. The molecule has 1 aliphatic heterocycles. The van der Waals surface area contributed by atoms with Gasteiger partial charge in [-0.05, 0) is 76.0 Å². The maximum Gasteiger partial charge on any atom is 0.239 e. The number of hydrogen-bond donors (Lipinski definition) is 4. The summed E-state index contributed by atoms with van der Waals surface area (Å²) >= 11 is 6.54. The molecule has 5 rings (SSSR count). The van der Waals surface area contributed by atoms with E-state index in [1.54, 1.807) is 13.3 Å². The molecule has 0 atom stereocenters. The molecule has 4 aromatic rings. The topological polar surface area (TPSA) is 124 Å². The molecule has 1 saturated heterocycles. The second-order valence-electron chi connectivity index (χ2n) is 13.9. The number of carbonyl (C=O) groups excluding carboxylic acids is 2. The Balaban J connectivity index is 0.960. The van der Waals surface area contributed by atoms with Crippen molar-refractivity contribution >= 4 is 51.6 Å². The van der Waals surface area contributed by atoms with Crippen LogP contribution < -0.4 is 25.6 Å². The highest BCUT2D eigenvalue weighted by atomic mass is 35.5. The van der Waals surface area contributed by atoms with E-state index in [4.69, 9.17) is 21.3 Å². The highest BCUT2D eigenvalue weighted by Crippen LogP contribution is 2.35. The van der Waals surface area contributed by atoms with E-state index >= 15 is 0 Å². The van der Waals surface area contributed by atoms with Crippen molar-refractivity contribution in [3.8, 4) is 17.0 Å².